The second kappa shape index (κ2) is 4.14. The van der Waals surface area contributed by atoms with Gasteiger partial charge < -0.3 is 10.3 Å². The Labute approximate surface area is 117 Å². The highest BCUT2D eigenvalue weighted by molar-refractivity contribution is 6.35. The van der Waals surface area contributed by atoms with Crippen LogP contribution in [0.5, 0.6) is 0 Å². The summed E-state index contributed by atoms with van der Waals surface area (Å²) in [6, 6.07) is 5.83. The van der Waals surface area contributed by atoms with Crippen molar-refractivity contribution in [3.63, 3.8) is 0 Å². The summed E-state index contributed by atoms with van der Waals surface area (Å²) in [5.74, 6) is 3.21. The monoisotopic (exact) mass is 275 g/mol. The van der Waals surface area contributed by atoms with E-state index in [-0.39, 0.29) is 0 Å². The predicted molar refractivity (Wildman–Crippen MR) is 78.1 cm³/mol. The minimum atomic E-state index is 0.603. The Morgan fingerprint density at radius 2 is 2.21 bits per heavy atom. The summed E-state index contributed by atoms with van der Waals surface area (Å²) in [5.41, 5.74) is 8.01. The zero-order valence-electron chi connectivity index (χ0n) is 10.8. The number of aromatic nitrogens is 2. The summed E-state index contributed by atoms with van der Waals surface area (Å²) >= 11 is 6.32. The molecule has 4 rings (SSSR count). The van der Waals surface area contributed by atoms with Crippen LogP contribution in [-0.2, 0) is 6.54 Å². The number of hydrogen-bond acceptors (Lipinski definition) is 2. The third-order valence-electron chi connectivity index (χ3n) is 5.05. The molecule has 0 radical (unpaired) electrons. The minimum absolute atomic E-state index is 0.603. The number of nitrogen functional groups attached to an aromatic ring is 1. The topological polar surface area (TPSA) is 43.8 Å². The average molecular weight is 276 g/mol. The molecule has 2 saturated carbocycles. The smallest absolute Gasteiger partial charge is 0.201 e. The highest BCUT2D eigenvalue weighted by Gasteiger charge is 2.39. The van der Waals surface area contributed by atoms with Crippen molar-refractivity contribution < 1.29 is 0 Å². The van der Waals surface area contributed by atoms with E-state index in [1.54, 1.807) is 0 Å². The van der Waals surface area contributed by atoms with Gasteiger partial charge in [-0.25, -0.2) is 4.98 Å². The van der Waals surface area contributed by atoms with Crippen LogP contribution in [0, 0.1) is 17.8 Å². The van der Waals surface area contributed by atoms with Crippen LogP contribution < -0.4 is 5.73 Å². The van der Waals surface area contributed by atoms with Gasteiger partial charge in [0, 0.05) is 6.54 Å². The molecular formula is C15H18ClN3. The molecule has 2 fully saturated rings. The van der Waals surface area contributed by atoms with Crippen molar-refractivity contribution in [2.45, 2.75) is 32.2 Å². The summed E-state index contributed by atoms with van der Waals surface area (Å²) in [5, 5.41) is 0.754. The summed E-state index contributed by atoms with van der Waals surface area (Å²) in [7, 11) is 0. The van der Waals surface area contributed by atoms with Crippen molar-refractivity contribution in [3.05, 3.63) is 23.2 Å². The predicted octanol–water partition coefficient (Wildman–Crippen LogP) is 3.71. The molecule has 100 valence electrons. The molecule has 0 saturated heterocycles. The lowest BCUT2D eigenvalue weighted by Gasteiger charge is -2.22. The summed E-state index contributed by atoms with van der Waals surface area (Å²) in [4.78, 5) is 4.43. The SMILES string of the molecule is Nc1nc2cccc(Cl)c2n1CC1CC2CCC1C2. The van der Waals surface area contributed by atoms with Gasteiger partial charge in [-0.05, 0) is 49.1 Å². The Balaban J connectivity index is 1.73. The molecule has 2 N–H and O–H groups in total. The summed E-state index contributed by atoms with van der Waals surface area (Å²) in [6.45, 7) is 0.979. The van der Waals surface area contributed by atoms with Crippen LogP contribution in [0.15, 0.2) is 18.2 Å². The van der Waals surface area contributed by atoms with E-state index in [2.05, 4.69) is 9.55 Å². The van der Waals surface area contributed by atoms with Crippen molar-refractivity contribution >= 4 is 28.6 Å². The van der Waals surface area contributed by atoms with Crippen LogP contribution in [0.2, 0.25) is 5.02 Å². The fourth-order valence-corrected chi connectivity index (χ4v) is 4.45. The van der Waals surface area contributed by atoms with Crippen LogP contribution in [0.3, 0.4) is 0 Å². The van der Waals surface area contributed by atoms with E-state index in [4.69, 9.17) is 17.3 Å². The Kier molecular flexibility index (Phi) is 2.52. The van der Waals surface area contributed by atoms with E-state index in [9.17, 15) is 0 Å². The quantitative estimate of drug-likeness (QED) is 0.908. The summed E-state index contributed by atoms with van der Waals surface area (Å²) < 4.78 is 2.13. The Hall–Kier alpha value is -1.22. The molecule has 0 spiro atoms. The molecule has 2 bridgehead atoms. The molecule has 3 atom stereocenters. The number of benzene rings is 1. The molecular weight excluding hydrogens is 258 g/mol. The molecule has 4 heteroatoms. The standard InChI is InChI=1S/C15H18ClN3/c16-12-2-1-3-13-14(12)19(15(17)18-13)8-11-7-9-4-5-10(11)6-9/h1-3,9-11H,4-8H2,(H2,17,18). The molecule has 2 aliphatic rings. The number of rotatable bonds is 2. The van der Waals surface area contributed by atoms with E-state index in [1.807, 2.05) is 18.2 Å². The van der Waals surface area contributed by atoms with Gasteiger partial charge in [0.05, 0.1) is 16.1 Å². The molecule has 2 aromatic rings. The lowest BCUT2D eigenvalue weighted by atomic mass is 9.89. The van der Waals surface area contributed by atoms with Gasteiger partial charge in [-0.3, -0.25) is 0 Å². The summed E-state index contributed by atoms with van der Waals surface area (Å²) in [6.07, 6.45) is 5.61. The third kappa shape index (κ3) is 1.75. The number of hydrogen-bond donors (Lipinski definition) is 1. The van der Waals surface area contributed by atoms with Crippen LogP contribution in [0.1, 0.15) is 25.7 Å². The zero-order valence-corrected chi connectivity index (χ0v) is 11.6. The first-order chi connectivity index (χ1) is 9.22. The first kappa shape index (κ1) is 11.6. The largest absolute Gasteiger partial charge is 0.369 e. The lowest BCUT2D eigenvalue weighted by molar-refractivity contribution is 0.300. The lowest BCUT2D eigenvalue weighted by Crippen LogP contribution is -2.18. The average Bonchev–Trinajstić information content (AvgIpc) is 3.05. The number of halogens is 1. The molecule has 1 aromatic heterocycles. The number of nitrogens with zero attached hydrogens (tertiary/aromatic N) is 2. The van der Waals surface area contributed by atoms with Crippen molar-refractivity contribution in [1.82, 2.24) is 9.55 Å². The van der Waals surface area contributed by atoms with E-state index in [0.717, 1.165) is 40.4 Å². The maximum absolute atomic E-state index is 6.32. The third-order valence-corrected chi connectivity index (χ3v) is 5.35. The maximum atomic E-state index is 6.32. The number of fused-ring (bicyclic) bond motifs is 3. The van der Waals surface area contributed by atoms with E-state index in [1.165, 1.54) is 25.7 Å². The van der Waals surface area contributed by atoms with E-state index in [0.29, 0.717) is 5.95 Å². The van der Waals surface area contributed by atoms with E-state index >= 15 is 0 Å². The van der Waals surface area contributed by atoms with Gasteiger partial charge in [0.2, 0.25) is 5.95 Å². The van der Waals surface area contributed by atoms with Crippen LogP contribution in [0.4, 0.5) is 5.95 Å². The van der Waals surface area contributed by atoms with Crippen molar-refractivity contribution in [3.8, 4) is 0 Å². The van der Waals surface area contributed by atoms with Gasteiger partial charge in [-0.2, -0.15) is 0 Å². The molecule has 0 amide bonds. The van der Waals surface area contributed by atoms with Gasteiger partial charge in [-0.1, -0.05) is 24.1 Å². The maximum Gasteiger partial charge on any atom is 0.201 e. The number of nitrogens with two attached hydrogens (primary N) is 1. The van der Waals surface area contributed by atoms with E-state index < -0.39 is 0 Å². The fraction of sp³-hybridized carbons (Fsp3) is 0.533. The van der Waals surface area contributed by atoms with Crippen molar-refractivity contribution in [2.24, 2.45) is 17.8 Å². The molecule has 1 heterocycles. The number of imidazole rings is 1. The first-order valence-corrected chi connectivity index (χ1v) is 7.50. The number of para-hydroxylation sites is 1. The molecule has 2 aliphatic carbocycles. The molecule has 3 nitrogen and oxygen atoms in total. The van der Waals surface area contributed by atoms with Gasteiger partial charge in [0.1, 0.15) is 0 Å². The van der Waals surface area contributed by atoms with Crippen molar-refractivity contribution in [2.75, 3.05) is 5.73 Å². The molecule has 19 heavy (non-hydrogen) atoms. The van der Waals surface area contributed by atoms with Gasteiger partial charge in [0.15, 0.2) is 0 Å². The second-order valence-corrected chi connectivity index (χ2v) is 6.53. The Bertz CT molecular complexity index is 634. The Morgan fingerprint density at radius 3 is 2.95 bits per heavy atom. The van der Waals surface area contributed by atoms with Crippen LogP contribution in [-0.4, -0.2) is 9.55 Å². The van der Waals surface area contributed by atoms with Gasteiger partial charge >= 0.3 is 0 Å². The zero-order chi connectivity index (χ0) is 13.0. The Morgan fingerprint density at radius 1 is 1.32 bits per heavy atom. The highest BCUT2D eigenvalue weighted by atomic mass is 35.5. The van der Waals surface area contributed by atoms with Gasteiger partial charge in [0.25, 0.3) is 0 Å². The van der Waals surface area contributed by atoms with Gasteiger partial charge in [-0.15, -0.1) is 0 Å². The van der Waals surface area contributed by atoms with Crippen LogP contribution >= 0.6 is 11.6 Å². The first-order valence-electron chi connectivity index (χ1n) is 7.12. The van der Waals surface area contributed by atoms with Crippen molar-refractivity contribution in [1.29, 1.82) is 0 Å². The second-order valence-electron chi connectivity index (χ2n) is 6.12. The fourth-order valence-electron chi connectivity index (χ4n) is 4.18. The normalized spacial score (nSPS) is 29.4. The molecule has 0 aliphatic heterocycles. The number of anilines is 1. The molecule has 3 unspecified atom stereocenters. The minimum Gasteiger partial charge on any atom is -0.369 e. The highest BCUT2D eigenvalue weighted by Crippen LogP contribution is 2.49. The molecule has 1 aromatic carbocycles. The van der Waals surface area contributed by atoms with Crippen LogP contribution in [0.25, 0.3) is 11.0 Å².